The molecule has 0 bridgehead atoms. The molecule has 2 heterocycles. The van der Waals surface area contributed by atoms with E-state index in [1.54, 1.807) is 6.92 Å². The Hall–Kier alpha value is -4.19. The molecular weight excluding hydrogens is 450 g/mol. The lowest BCUT2D eigenvalue weighted by atomic mass is 9.79. The molecule has 1 N–H and O–H groups in total. The molecule has 1 aliphatic rings. The highest BCUT2D eigenvalue weighted by Crippen LogP contribution is 2.36. The van der Waals surface area contributed by atoms with Gasteiger partial charge in [0.1, 0.15) is 5.41 Å². The molecule has 6 heteroatoms. The van der Waals surface area contributed by atoms with E-state index in [1.165, 1.54) is 0 Å². The Bertz CT molecular complexity index is 1440. The molecule has 1 fully saturated rings. The molecule has 1 unspecified atom stereocenters. The summed E-state index contributed by atoms with van der Waals surface area (Å²) in [7, 11) is 0. The summed E-state index contributed by atoms with van der Waals surface area (Å²) < 4.78 is 1.81. The van der Waals surface area contributed by atoms with Crippen LogP contribution in [-0.2, 0) is 15.0 Å². The minimum atomic E-state index is -1.33. The van der Waals surface area contributed by atoms with Crippen molar-refractivity contribution in [3.8, 4) is 16.9 Å². The van der Waals surface area contributed by atoms with Crippen LogP contribution in [0.25, 0.3) is 16.9 Å². The molecule has 1 aromatic heterocycles. The number of carboxylic acids is 1. The number of carbonyl (C=O) groups is 2. The smallest absolute Gasteiger partial charge is 0.320 e. The van der Waals surface area contributed by atoms with E-state index in [9.17, 15) is 14.7 Å². The summed E-state index contributed by atoms with van der Waals surface area (Å²) in [5, 5.41) is 15.3. The maximum absolute atomic E-state index is 12.7. The highest BCUT2D eigenvalue weighted by molar-refractivity contribution is 5.95. The highest BCUT2D eigenvalue weighted by atomic mass is 16.4. The zero-order valence-corrected chi connectivity index (χ0v) is 20.7. The van der Waals surface area contributed by atoms with Gasteiger partial charge in [-0.25, -0.2) is 4.68 Å². The first-order valence-electron chi connectivity index (χ1n) is 12.2. The van der Waals surface area contributed by atoms with Gasteiger partial charge in [0.2, 0.25) is 5.91 Å². The number of hydrogen-bond donors (Lipinski definition) is 1. The van der Waals surface area contributed by atoms with Crippen LogP contribution >= 0.6 is 0 Å². The van der Waals surface area contributed by atoms with Crippen molar-refractivity contribution in [1.29, 1.82) is 0 Å². The number of anilines is 1. The first-order valence-corrected chi connectivity index (χ1v) is 12.2. The average Bonchev–Trinajstić information content (AvgIpc) is 3.51. The van der Waals surface area contributed by atoms with Crippen molar-refractivity contribution < 1.29 is 14.7 Å². The van der Waals surface area contributed by atoms with E-state index in [2.05, 4.69) is 0 Å². The summed E-state index contributed by atoms with van der Waals surface area (Å²) in [4.78, 5) is 26.7. The molecule has 6 nitrogen and oxygen atoms in total. The van der Waals surface area contributed by atoms with Gasteiger partial charge in [-0.3, -0.25) is 9.59 Å². The number of aliphatic carboxylic acids is 1. The van der Waals surface area contributed by atoms with Gasteiger partial charge in [0.25, 0.3) is 0 Å². The summed E-state index contributed by atoms with van der Waals surface area (Å²) in [6, 6.07) is 25.3. The van der Waals surface area contributed by atoms with Gasteiger partial charge in [0, 0.05) is 24.2 Å². The molecule has 0 aliphatic carbocycles. The molecule has 1 atom stereocenters. The highest BCUT2D eigenvalue weighted by Gasteiger charge is 2.40. The number of benzene rings is 3. The van der Waals surface area contributed by atoms with Crippen molar-refractivity contribution in [2.24, 2.45) is 0 Å². The van der Waals surface area contributed by atoms with Gasteiger partial charge in [0.05, 0.1) is 17.1 Å². The molecule has 3 aromatic carbocycles. The largest absolute Gasteiger partial charge is 0.480 e. The van der Waals surface area contributed by atoms with Crippen LogP contribution in [0.2, 0.25) is 0 Å². The van der Waals surface area contributed by atoms with Crippen molar-refractivity contribution in [2.45, 2.75) is 39.0 Å². The molecule has 1 amide bonds. The van der Waals surface area contributed by atoms with E-state index in [-0.39, 0.29) is 5.91 Å². The third-order valence-corrected chi connectivity index (χ3v) is 7.07. The SMILES string of the molecule is Cc1ccc(-n2nc(C(C)(C(=O)O)c3cccc(C)c3)cc2-c2ccc(N3CCCC3=O)cc2)cc1. The predicted molar refractivity (Wildman–Crippen MR) is 141 cm³/mol. The van der Waals surface area contributed by atoms with E-state index < -0.39 is 11.4 Å². The number of nitrogens with zero attached hydrogens (tertiary/aromatic N) is 3. The summed E-state index contributed by atoms with van der Waals surface area (Å²) >= 11 is 0. The van der Waals surface area contributed by atoms with E-state index in [0.29, 0.717) is 17.7 Å². The fourth-order valence-corrected chi connectivity index (χ4v) is 4.78. The normalized spacial score (nSPS) is 15.2. The number of aromatic nitrogens is 2. The Morgan fingerprint density at radius 3 is 2.22 bits per heavy atom. The fraction of sp³-hybridized carbons (Fsp3) is 0.233. The predicted octanol–water partition coefficient (Wildman–Crippen LogP) is 5.67. The lowest BCUT2D eigenvalue weighted by Crippen LogP contribution is -2.34. The standard InChI is InChI=1S/C30H29N3O3/c1-20-9-13-25(14-10-20)33-26(22-11-15-24(16-12-22)32-17-5-8-28(32)34)19-27(31-33)30(3,29(35)36)23-7-4-6-21(2)18-23/h4,6-7,9-16,18-19H,5,8,17H2,1-3H3,(H,35,36). The molecule has 5 rings (SSSR count). The average molecular weight is 480 g/mol. The van der Waals surface area contributed by atoms with E-state index in [0.717, 1.165) is 46.7 Å². The molecule has 36 heavy (non-hydrogen) atoms. The van der Waals surface area contributed by atoms with Crippen molar-refractivity contribution in [3.63, 3.8) is 0 Å². The van der Waals surface area contributed by atoms with Crippen molar-refractivity contribution in [2.75, 3.05) is 11.4 Å². The summed E-state index contributed by atoms with van der Waals surface area (Å²) in [5.41, 5.74) is 5.31. The number of aryl methyl sites for hydroxylation is 2. The maximum atomic E-state index is 12.7. The lowest BCUT2D eigenvalue weighted by molar-refractivity contribution is -0.141. The summed E-state index contributed by atoms with van der Waals surface area (Å²) in [6.07, 6.45) is 1.45. The van der Waals surface area contributed by atoms with Crippen LogP contribution in [0.15, 0.2) is 78.9 Å². The molecule has 1 aliphatic heterocycles. The second kappa shape index (κ2) is 9.11. The van der Waals surface area contributed by atoms with E-state index >= 15 is 0 Å². The second-order valence-corrected chi connectivity index (χ2v) is 9.66. The van der Waals surface area contributed by atoms with E-state index in [4.69, 9.17) is 5.10 Å². The fourth-order valence-electron chi connectivity index (χ4n) is 4.78. The van der Waals surface area contributed by atoms with Crippen LogP contribution < -0.4 is 4.90 Å². The van der Waals surface area contributed by atoms with Gasteiger partial charge in [0.15, 0.2) is 0 Å². The van der Waals surface area contributed by atoms with Gasteiger partial charge >= 0.3 is 5.97 Å². The van der Waals surface area contributed by atoms with Crippen molar-refractivity contribution in [1.82, 2.24) is 9.78 Å². The Balaban J connectivity index is 1.65. The van der Waals surface area contributed by atoms with Crippen LogP contribution in [0, 0.1) is 13.8 Å². The molecule has 0 radical (unpaired) electrons. The first kappa shape index (κ1) is 23.5. The van der Waals surface area contributed by atoms with Crippen LogP contribution in [-0.4, -0.2) is 33.3 Å². The van der Waals surface area contributed by atoms with Gasteiger partial charge < -0.3 is 10.0 Å². The number of carbonyl (C=O) groups excluding carboxylic acids is 1. The Labute approximate surface area is 210 Å². The molecular formula is C30H29N3O3. The van der Waals surface area contributed by atoms with Crippen LogP contribution in [0.1, 0.15) is 42.1 Å². The quantitative estimate of drug-likeness (QED) is 0.386. The van der Waals surface area contributed by atoms with Crippen LogP contribution in [0.4, 0.5) is 5.69 Å². The molecule has 0 saturated carbocycles. The number of rotatable bonds is 6. The van der Waals surface area contributed by atoms with Crippen LogP contribution in [0.3, 0.4) is 0 Å². The van der Waals surface area contributed by atoms with Gasteiger partial charge in [-0.2, -0.15) is 5.10 Å². The van der Waals surface area contributed by atoms with Gasteiger partial charge in [-0.1, -0.05) is 59.7 Å². The topological polar surface area (TPSA) is 75.4 Å². The van der Waals surface area contributed by atoms with Crippen molar-refractivity contribution >= 4 is 17.6 Å². The number of hydrogen-bond acceptors (Lipinski definition) is 3. The summed E-state index contributed by atoms with van der Waals surface area (Å²) in [5.74, 6) is -0.818. The van der Waals surface area contributed by atoms with Gasteiger partial charge in [-0.05, 0) is 63.1 Å². The van der Waals surface area contributed by atoms with Crippen molar-refractivity contribution in [3.05, 3.63) is 101 Å². The zero-order chi connectivity index (χ0) is 25.4. The third kappa shape index (κ3) is 4.09. The Morgan fingerprint density at radius 2 is 1.61 bits per heavy atom. The Morgan fingerprint density at radius 1 is 0.917 bits per heavy atom. The van der Waals surface area contributed by atoms with Gasteiger partial charge in [-0.15, -0.1) is 0 Å². The zero-order valence-electron chi connectivity index (χ0n) is 20.7. The molecule has 1 saturated heterocycles. The minimum Gasteiger partial charge on any atom is -0.480 e. The molecule has 4 aromatic rings. The first-order chi connectivity index (χ1) is 17.3. The molecule has 0 spiro atoms. The maximum Gasteiger partial charge on any atom is 0.320 e. The lowest BCUT2D eigenvalue weighted by Gasteiger charge is -2.23. The summed E-state index contributed by atoms with van der Waals surface area (Å²) in [6.45, 7) is 6.42. The van der Waals surface area contributed by atoms with Crippen LogP contribution in [0.5, 0.6) is 0 Å². The molecule has 182 valence electrons. The third-order valence-electron chi connectivity index (χ3n) is 7.07. The van der Waals surface area contributed by atoms with E-state index in [1.807, 2.05) is 102 Å². The number of carboxylic acid groups (broad SMARTS) is 1. The Kier molecular flexibility index (Phi) is 5.96. The number of amides is 1. The monoisotopic (exact) mass is 479 g/mol. The minimum absolute atomic E-state index is 0.144. The second-order valence-electron chi connectivity index (χ2n) is 9.66.